The molecule has 0 aromatic rings. The maximum absolute atomic E-state index is 4.90. The number of thioether (sulfide) groups is 1. The molecule has 1 atom stereocenters. The molecule has 0 aromatic carbocycles. The van der Waals surface area contributed by atoms with Crippen molar-refractivity contribution in [3.63, 3.8) is 0 Å². The maximum Gasteiger partial charge on any atom is 0.156 e. The first kappa shape index (κ1) is 8.87. The van der Waals surface area contributed by atoms with Gasteiger partial charge in [-0.1, -0.05) is 18.7 Å². The number of aliphatic imine (C=N–C) groups is 1. The van der Waals surface area contributed by atoms with Crippen molar-refractivity contribution in [3.8, 4) is 0 Å². The molecule has 0 bridgehead atoms. The highest BCUT2D eigenvalue weighted by Gasteiger charge is 2.13. The Hall–Kier alpha value is -0.220. The van der Waals surface area contributed by atoms with E-state index >= 15 is 0 Å². The van der Waals surface area contributed by atoms with Crippen LogP contribution < -0.4 is 5.32 Å². The van der Waals surface area contributed by atoms with Crippen LogP contribution in [-0.2, 0) is 4.74 Å². The average Bonchev–Trinajstić information content (AvgIpc) is 2.37. The molecule has 0 radical (unpaired) electrons. The van der Waals surface area contributed by atoms with E-state index in [2.05, 4.69) is 17.2 Å². The molecule has 0 aliphatic carbocycles. The van der Waals surface area contributed by atoms with E-state index in [0.717, 1.165) is 24.9 Å². The van der Waals surface area contributed by atoms with E-state index in [0.29, 0.717) is 5.25 Å². The lowest BCUT2D eigenvalue weighted by molar-refractivity contribution is 0.204. The largest absolute Gasteiger partial charge is 0.383 e. The minimum absolute atomic E-state index is 0.639. The van der Waals surface area contributed by atoms with Gasteiger partial charge >= 0.3 is 0 Å². The van der Waals surface area contributed by atoms with Crippen LogP contribution in [0.2, 0.25) is 0 Å². The van der Waals surface area contributed by atoms with Crippen LogP contribution in [0.15, 0.2) is 4.99 Å². The molecule has 1 N–H and O–H groups in total. The van der Waals surface area contributed by atoms with Crippen LogP contribution in [0.25, 0.3) is 0 Å². The SMILES string of the molecule is COCCNC1=NCC(C)S1. The van der Waals surface area contributed by atoms with Crippen LogP contribution in [0.5, 0.6) is 0 Å². The highest BCUT2D eigenvalue weighted by atomic mass is 32.2. The summed E-state index contributed by atoms with van der Waals surface area (Å²) in [6, 6.07) is 0. The Balaban J connectivity index is 2.08. The summed E-state index contributed by atoms with van der Waals surface area (Å²) in [7, 11) is 1.70. The van der Waals surface area contributed by atoms with Gasteiger partial charge in [-0.3, -0.25) is 4.99 Å². The third-order valence-electron chi connectivity index (χ3n) is 1.39. The molecule has 0 aromatic heterocycles. The van der Waals surface area contributed by atoms with Crippen molar-refractivity contribution in [1.29, 1.82) is 0 Å². The number of nitrogens with zero attached hydrogens (tertiary/aromatic N) is 1. The monoisotopic (exact) mass is 174 g/mol. The Bertz CT molecular complexity index is 149. The molecule has 1 aliphatic heterocycles. The second-order valence-corrected chi connectivity index (χ2v) is 3.92. The number of nitrogens with one attached hydrogen (secondary N) is 1. The Morgan fingerprint density at radius 3 is 3.18 bits per heavy atom. The molecule has 1 aliphatic rings. The predicted octanol–water partition coefficient (Wildman–Crippen LogP) is 0.714. The topological polar surface area (TPSA) is 33.6 Å². The van der Waals surface area contributed by atoms with Crippen LogP contribution in [0.3, 0.4) is 0 Å². The summed E-state index contributed by atoms with van der Waals surface area (Å²) in [4.78, 5) is 4.30. The van der Waals surface area contributed by atoms with Crippen molar-refractivity contribution in [1.82, 2.24) is 5.32 Å². The normalized spacial score (nSPS) is 23.5. The molecule has 1 unspecified atom stereocenters. The standard InChI is InChI=1S/C7H14N2OS/c1-6-5-9-7(11-6)8-3-4-10-2/h6H,3-5H2,1-2H3,(H,8,9). The van der Waals surface area contributed by atoms with Crippen molar-refractivity contribution in [2.45, 2.75) is 12.2 Å². The van der Waals surface area contributed by atoms with Crippen molar-refractivity contribution < 1.29 is 4.74 Å². The highest BCUT2D eigenvalue weighted by Crippen LogP contribution is 2.17. The minimum Gasteiger partial charge on any atom is -0.383 e. The number of ether oxygens (including phenoxy) is 1. The summed E-state index contributed by atoms with van der Waals surface area (Å²) < 4.78 is 4.90. The molecule has 1 heterocycles. The van der Waals surface area contributed by atoms with Crippen molar-refractivity contribution in [3.05, 3.63) is 0 Å². The Kier molecular flexibility index (Phi) is 3.72. The van der Waals surface area contributed by atoms with Gasteiger partial charge in [-0.15, -0.1) is 0 Å². The lowest BCUT2D eigenvalue weighted by atomic mass is 10.5. The first-order valence-corrected chi connectivity index (χ1v) is 4.65. The van der Waals surface area contributed by atoms with Gasteiger partial charge < -0.3 is 10.1 Å². The molecular weight excluding hydrogens is 160 g/mol. The summed E-state index contributed by atoms with van der Waals surface area (Å²) >= 11 is 1.80. The molecule has 0 fully saturated rings. The number of rotatable bonds is 3. The van der Waals surface area contributed by atoms with E-state index in [-0.39, 0.29) is 0 Å². The maximum atomic E-state index is 4.90. The van der Waals surface area contributed by atoms with E-state index in [1.54, 1.807) is 18.9 Å². The Labute approximate surface area is 71.6 Å². The van der Waals surface area contributed by atoms with E-state index in [1.807, 2.05) is 0 Å². The van der Waals surface area contributed by atoms with Gasteiger partial charge in [0.25, 0.3) is 0 Å². The van der Waals surface area contributed by atoms with Crippen molar-refractivity contribution in [2.75, 3.05) is 26.8 Å². The van der Waals surface area contributed by atoms with Gasteiger partial charge in [0.05, 0.1) is 13.2 Å². The van der Waals surface area contributed by atoms with Gasteiger partial charge in [0.15, 0.2) is 5.17 Å². The van der Waals surface area contributed by atoms with Crippen molar-refractivity contribution >= 4 is 16.9 Å². The second kappa shape index (κ2) is 4.62. The molecular formula is C7H14N2OS. The minimum atomic E-state index is 0.639. The van der Waals surface area contributed by atoms with E-state index in [9.17, 15) is 0 Å². The smallest absolute Gasteiger partial charge is 0.156 e. The second-order valence-electron chi connectivity index (χ2n) is 2.49. The Morgan fingerprint density at radius 1 is 1.82 bits per heavy atom. The van der Waals surface area contributed by atoms with Gasteiger partial charge in [-0.2, -0.15) is 0 Å². The van der Waals surface area contributed by atoms with Gasteiger partial charge in [-0.05, 0) is 0 Å². The summed E-state index contributed by atoms with van der Waals surface area (Å²) in [6.07, 6.45) is 0. The summed E-state index contributed by atoms with van der Waals surface area (Å²) in [5, 5.41) is 4.90. The zero-order valence-electron chi connectivity index (χ0n) is 6.96. The summed E-state index contributed by atoms with van der Waals surface area (Å²) in [5.74, 6) is 0. The number of hydrogen-bond donors (Lipinski definition) is 1. The molecule has 64 valence electrons. The van der Waals surface area contributed by atoms with E-state index in [4.69, 9.17) is 4.74 Å². The van der Waals surface area contributed by atoms with Gasteiger partial charge in [0.1, 0.15) is 0 Å². The molecule has 11 heavy (non-hydrogen) atoms. The highest BCUT2D eigenvalue weighted by molar-refractivity contribution is 8.14. The zero-order valence-corrected chi connectivity index (χ0v) is 7.78. The molecule has 0 amide bonds. The Morgan fingerprint density at radius 2 is 2.64 bits per heavy atom. The van der Waals surface area contributed by atoms with Crippen LogP contribution in [0.4, 0.5) is 0 Å². The molecule has 0 spiro atoms. The van der Waals surface area contributed by atoms with Crippen molar-refractivity contribution in [2.24, 2.45) is 4.99 Å². The predicted molar refractivity (Wildman–Crippen MR) is 49.2 cm³/mol. The van der Waals surface area contributed by atoms with Gasteiger partial charge in [-0.25, -0.2) is 0 Å². The lowest BCUT2D eigenvalue weighted by Gasteiger charge is -2.03. The van der Waals surface area contributed by atoms with Crippen LogP contribution >= 0.6 is 11.8 Å². The quantitative estimate of drug-likeness (QED) is 0.640. The first-order valence-electron chi connectivity index (χ1n) is 3.77. The van der Waals surface area contributed by atoms with E-state index < -0.39 is 0 Å². The number of amidine groups is 1. The molecule has 4 heteroatoms. The average molecular weight is 174 g/mol. The third kappa shape index (κ3) is 3.12. The first-order chi connectivity index (χ1) is 5.33. The molecule has 0 saturated carbocycles. The fourth-order valence-electron chi connectivity index (χ4n) is 0.834. The van der Waals surface area contributed by atoms with Crippen LogP contribution in [0, 0.1) is 0 Å². The summed E-state index contributed by atoms with van der Waals surface area (Å²) in [5.41, 5.74) is 0. The van der Waals surface area contributed by atoms with Crippen LogP contribution in [-0.4, -0.2) is 37.2 Å². The molecule has 0 saturated heterocycles. The molecule has 3 nitrogen and oxygen atoms in total. The fourth-order valence-corrected chi connectivity index (χ4v) is 1.70. The van der Waals surface area contributed by atoms with Gasteiger partial charge in [0, 0.05) is 18.9 Å². The molecule has 1 rings (SSSR count). The third-order valence-corrected chi connectivity index (χ3v) is 2.44. The zero-order chi connectivity index (χ0) is 8.10. The van der Waals surface area contributed by atoms with Gasteiger partial charge in [0.2, 0.25) is 0 Å². The van der Waals surface area contributed by atoms with Crippen LogP contribution in [0.1, 0.15) is 6.92 Å². The fraction of sp³-hybridized carbons (Fsp3) is 0.857. The lowest BCUT2D eigenvalue weighted by Crippen LogP contribution is -2.23. The number of methoxy groups -OCH3 is 1. The van der Waals surface area contributed by atoms with E-state index in [1.165, 1.54) is 0 Å². The number of hydrogen-bond acceptors (Lipinski definition) is 4. The summed E-state index contributed by atoms with van der Waals surface area (Å²) in [6.45, 7) is 4.72.